The molecule has 1 aliphatic heterocycles. The minimum atomic E-state index is 0.615. The molecule has 2 atom stereocenters. The van der Waals surface area contributed by atoms with Gasteiger partial charge in [0.15, 0.2) is 0 Å². The van der Waals surface area contributed by atoms with Gasteiger partial charge in [0, 0.05) is 31.4 Å². The van der Waals surface area contributed by atoms with Gasteiger partial charge in [0.2, 0.25) is 0 Å². The number of rotatable bonds is 4. The van der Waals surface area contributed by atoms with Crippen LogP contribution in [0.3, 0.4) is 0 Å². The molecule has 1 fully saturated rings. The minimum absolute atomic E-state index is 0.615. The normalized spacial score (nSPS) is 26.2. The monoisotopic (exact) mass is 236 g/mol. The third-order valence-electron chi connectivity index (χ3n) is 3.84. The van der Waals surface area contributed by atoms with Gasteiger partial charge in [-0.1, -0.05) is 6.42 Å². The van der Waals surface area contributed by atoms with Crippen LogP contribution in [0, 0.1) is 0 Å². The van der Waals surface area contributed by atoms with E-state index in [2.05, 4.69) is 23.8 Å². The van der Waals surface area contributed by atoms with Gasteiger partial charge < -0.3 is 5.73 Å². The Bertz CT molecular complexity index is 337. The second-order valence-corrected chi connectivity index (χ2v) is 5.22. The van der Waals surface area contributed by atoms with E-state index in [1.165, 1.54) is 25.8 Å². The highest BCUT2D eigenvalue weighted by Gasteiger charge is 2.23. The first kappa shape index (κ1) is 12.4. The number of hydrogen-bond acceptors (Lipinski definition) is 3. The van der Waals surface area contributed by atoms with Crippen molar-refractivity contribution >= 4 is 5.82 Å². The molecule has 17 heavy (non-hydrogen) atoms. The lowest BCUT2D eigenvalue weighted by Crippen LogP contribution is -2.44. The van der Waals surface area contributed by atoms with Gasteiger partial charge in [-0.15, -0.1) is 0 Å². The van der Waals surface area contributed by atoms with Gasteiger partial charge in [-0.3, -0.25) is 9.58 Å². The van der Waals surface area contributed by atoms with Crippen LogP contribution in [0.1, 0.15) is 39.5 Å². The fourth-order valence-electron chi connectivity index (χ4n) is 2.83. The molecule has 0 amide bonds. The van der Waals surface area contributed by atoms with Crippen molar-refractivity contribution < 1.29 is 0 Å². The summed E-state index contributed by atoms with van der Waals surface area (Å²) >= 11 is 0. The van der Waals surface area contributed by atoms with Crippen LogP contribution in [-0.2, 0) is 6.54 Å². The molecule has 0 bridgehead atoms. The van der Waals surface area contributed by atoms with Crippen LogP contribution in [-0.4, -0.2) is 33.3 Å². The Balaban J connectivity index is 1.77. The zero-order valence-electron chi connectivity index (χ0n) is 11.0. The maximum Gasteiger partial charge on any atom is 0.145 e. The molecule has 0 aromatic carbocycles. The Kier molecular flexibility index (Phi) is 4.05. The van der Waals surface area contributed by atoms with E-state index in [9.17, 15) is 0 Å². The predicted molar refractivity (Wildman–Crippen MR) is 70.7 cm³/mol. The van der Waals surface area contributed by atoms with Crippen molar-refractivity contribution in [1.82, 2.24) is 14.7 Å². The molecule has 1 aliphatic rings. The summed E-state index contributed by atoms with van der Waals surface area (Å²) in [7, 11) is 0. The van der Waals surface area contributed by atoms with Gasteiger partial charge in [-0.2, -0.15) is 5.10 Å². The van der Waals surface area contributed by atoms with Gasteiger partial charge in [0.05, 0.1) is 0 Å². The Morgan fingerprint density at radius 3 is 2.59 bits per heavy atom. The molecule has 4 nitrogen and oxygen atoms in total. The van der Waals surface area contributed by atoms with Crippen LogP contribution in [0.2, 0.25) is 0 Å². The van der Waals surface area contributed by atoms with Gasteiger partial charge in [-0.25, -0.2) is 0 Å². The summed E-state index contributed by atoms with van der Waals surface area (Å²) in [5.74, 6) is 0.615. The standard InChI is InChI=1S/C13H24N4/c1-11-5-3-6-12(2)17(11)9-4-8-16-10-7-13(14)15-16/h7,10-12H,3-6,8-9H2,1-2H3,(H2,14,15)/t11-,12+. The van der Waals surface area contributed by atoms with E-state index in [0.29, 0.717) is 5.82 Å². The molecule has 0 unspecified atom stereocenters. The lowest BCUT2D eigenvalue weighted by Gasteiger charge is -2.39. The molecule has 0 spiro atoms. The van der Waals surface area contributed by atoms with E-state index in [4.69, 9.17) is 5.73 Å². The van der Waals surface area contributed by atoms with Crippen molar-refractivity contribution in [2.75, 3.05) is 12.3 Å². The average Bonchev–Trinajstić information content (AvgIpc) is 2.69. The lowest BCUT2D eigenvalue weighted by molar-refractivity contribution is 0.100. The third-order valence-corrected chi connectivity index (χ3v) is 3.84. The Labute approximate surface area is 104 Å². The fraction of sp³-hybridized carbons (Fsp3) is 0.769. The van der Waals surface area contributed by atoms with Crippen LogP contribution < -0.4 is 5.73 Å². The van der Waals surface area contributed by atoms with E-state index in [1.807, 2.05) is 16.9 Å². The number of anilines is 1. The predicted octanol–water partition coefficient (Wildman–Crippen LogP) is 2.12. The maximum atomic E-state index is 5.59. The summed E-state index contributed by atoms with van der Waals surface area (Å²) in [4.78, 5) is 2.64. The first-order chi connectivity index (χ1) is 8.16. The minimum Gasteiger partial charge on any atom is -0.382 e. The molecule has 4 heteroatoms. The average molecular weight is 236 g/mol. The molecule has 2 N–H and O–H groups in total. The zero-order valence-corrected chi connectivity index (χ0v) is 11.0. The highest BCUT2D eigenvalue weighted by Crippen LogP contribution is 2.22. The molecule has 1 aromatic heterocycles. The van der Waals surface area contributed by atoms with Gasteiger partial charge in [-0.05, 0) is 39.2 Å². The second-order valence-electron chi connectivity index (χ2n) is 5.22. The second kappa shape index (κ2) is 5.54. The van der Waals surface area contributed by atoms with Crippen molar-refractivity contribution in [3.05, 3.63) is 12.3 Å². The molecule has 0 aliphatic carbocycles. The van der Waals surface area contributed by atoms with E-state index >= 15 is 0 Å². The third kappa shape index (κ3) is 3.22. The van der Waals surface area contributed by atoms with Crippen molar-refractivity contribution in [3.63, 3.8) is 0 Å². The number of aromatic nitrogens is 2. The lowest BCUT2D eigenvalue weighted by atomic mass is 9.97. The Morgan fingerprint density at radius 2 is 2.00 bits per heavy atom. The topological polar surface area (TPSA) is 47.1 Å². The molecular formula is C13H24N4. The van der Waals surface area contributed by atoms with Crippen LogP contribution >= 0.6 is 0 Å². The van der Waals surface area contributed by atoms with Gasteiger partial charge in [0.1, 0.15) is 5.82 Å². The Morgan fingerprint density at radius 1 is 1.29 bits per heavy atom. The smallest absolute Gasteiger partial charge is 0.145 e. The molecular weight excluding hydrogens is 212 g/mol. The number of piperidine rings is 1. The number of nitrogens with two attached hydrogens (primary N) is 1. The number of hydrogen-bond donors (Lipinski definition) is 1. The molecule has 0 radical (unpaired) electrons. The van der Waals surface area contributed by atoms with Crippen molar-refractivity contribution in [2.24, 2.45) is 0 Å². The highest BCUT2D eigenvalue weighted by atomic mass is 15.3. The molecule has 2 heterocycles. The summed E-state index contributed by atoms with van der Waals surface area (Å²) in [6, 6.07) is 3.33. The molecule has 2 rings (SSSR count). The summed E-state index contributed by atoms with van der Waals surface area (Å²) < 4.78 is 1.94. The Hall–Kier alpha value is -1.03. The summed E-state index contributed by atoms with van der Waals surface area (Å²) in [5, 5.41) is 4.21. The number of nitrogen functional groups attached to an aromatic ring is 1. The van der Waals surface area contributed by atoms with Crippen LogP contribution in [0.5, 0.6) is 0 Å². The largest absolute Gasteiger partial charge is 0.382 e. The van der Waals surface area contributed by atoms with Gasteiger partial charge >= 0.3 is 0 Å². The maximum absolute atomic E-state index is 5.59. The molecule has 0 saturated carbocycles. The van der Waals surface area contributed by atoms with Crippen molar-refractivity contribution in [3.8, 4) is 0 Å². The molecule has 1 aromatic rings. The number of aryl methyl sites for hydroxylation is 1. The van der Waals surface area contributed by atoms with E-state index in [0.717, 1.165) is 25.0 Å². The zero-order chi connectivity index (χ0) is 12.3. The van der Waals surface area contributed by atoms with Crippen molar-refractivity contribution in [1.29, 1.82) is 0 Å². The first-order valence-electron chi connectivity index (χ1n) is 6.71. The number of nitrogens with zero attached hydrogens (tertiary/aromatic N) is 3. The van der Waals surface area contributed by atoms with E-state index in [-0.39, 0.29) is 0 Å². The molecule has 1 saturated heterocycles. The van der Waals surface area contributed by atoms with Gasteiger partial charge in [0.25, 0.3) is 0 Å². The highest BCUT2D eigenvalue weighted by molar-refractivity contribution is 5.23. The summed E-state index contributed by atoms with van der Waals surface area (Å²) in [6.45, 7) is 6.83. The fourth-order valence-corrected chi connectivity index (χ4v) is 2.83. The van der Waals surface area contributed by atoms with E-state index in [1.54, 1.807) is 0 Å². The van der Waals surface area contributed by atoms with Crippen molar-refractivity contribution in [2.45, 2.75) is 58.2 Å². The molecule has 96 valence electrons. The quantitative estimate of drug-likeness (QED) is 0.871. The SMILES string of the molecule is C[C@@H]1CCC[C@H](C)N1CCCn1ccc(N)n1. The first-order valence-corrected chi connectivity index (χ1v) is 6.71. The summed E-state index contributed by atoms with van der Waals surface area (Å²) in [5.41, 5.74) is 5.59. The number of likely N-dealkylation sites (tertiary alicyclic amines) is 1. The summed E-state index contributed by atoms with van der Waals surface area (Å²) in [6.07, 6.45) is 7.18. The van der Waals surface area contributed by atoms with Crippen LogP contribution in [0.25, 0.3) is 0 Å². The van der Waals surface area contributed by atoms with Crippen LogP contribution in [0.15, 0.2) is 12.3 Å². The van der Waals surface area contributed by atoms with Crippen LogP contribution in [0.4, 0.5) is 5.82 Å². The van der Waals surface area contributed by atoms with E-state index < -0.39 is 0 Å².